The number of benzene rings is 1. The van der Waals surface area contributed by atoms with Crippen molar-refractivity contribution in [3.8, 4) is 5.75 Å². The zero-order valence-corrected chi connectivity index (χ0v) is 9.90. The topological polar surface area (TPSA) is 35.5 Å². The van der Waals surface area contributed by atoms with E-state index in [0.29, 0.717) is 12.2 Å². The Morgan fingerprint density at radius 3 is 2.88 bits per heavy atom. The minimum Gasteiger partial charge on any atom is -0.493 e. The highest BCUT2D eigenvalue weighted by molar-refractivity contribution is 5.73. The lowest BCUT2D eigenvalue weighted by atomic mass is 10.1. The number of carbonyl (C=O) groups excluding carboxylic acids is 1. The molecule has 0 N–H and O–H groups in total. The molecule has 0 bridgehead atoms. The van der Waals surface area contributed by atoms with Crippen LogP contribution in [0.2, 0.25) is 0 Å². The van der Waals surface area contributed by atoms with Crippen molar-refractivity contribution in [3.05, 3.63) is 35.7 Å². The third-order valence-electron chi connectivity index (χ3n) is 2.09. The number of para-hydroxylation sites is 1. The fourth-order valence-corrected chi connectivity index (χ4v) is 1.37. The first-order chi connectivity index (χ1) is 8.19. The summed E-state index contributed by atoms with van der Waals surface area (Å²) in [7, 11) is 1.40. The molecule has 0 aliphatic heterocycles. The second-order valence-corrected chi connectivity index (χ2v) is 3.27. The Morgan fingerprint density at radius 1 is 1.47 bits per heavy atom. The van der Waals surface area contributed by atoms with Crippen molar-refractivity contribution in [2.24, 2.45) is 0 Å². The van der Waals surface area contributed by atoms with Crippen molar-refractivity contribution >= 4 is 12.0 Å². The molecule has 4 heteroatoms. The van der Waals surface area contributed by atoms with Crippen LogP contribution in [0.1, 0.15) is 18.9 Å². The fourth-order valence-electron chi connectivity index (χ4n) is 1.37. The molecule has 0 radical (unpaired) electrons. The summed E-state index contributed by atoms with van der Waals surface area (Å²) >= 11 is 0. The van der Waals surface area contributed by atoms with Gasteiger partial charge in [-0.3, -0.25) is 4.79 Å². The van der Waals surface area contributed by atoms with Gasteiger partial charge in [-0.05, 0) is 13.0 Å². The quantitative estimate of drug-likeness (QED) is 0.740. The Bertz CT molecular complexity index is 413. The number of hydrogen-bond acceptors (Lipinski definition) is 3. The van der Waals surface area contributed by atoms with Gasteiger partial charge in [0.25, 0.3) is 0 Å². The molecule has 0 spiro atoms. The van der Waals surface area contributed by atoms with Gasteiger partial charge in [-0.15, -0.1) is 0 Å². The second-order valence-electron chi connectivity index (χ2n) is 3.27. The van der Waals surface area contributed by atoms with E-state index in [1.807, 2.05) is 0 Å². The summed E-state index contributed by atoms with van der Waals surface area (Å²) < 4.78 is 23.0. The van der Waals surface area contributed by atoms with Gasteiger partial charge in [0.2, 0.25) is 0 Å². The first-order valence-corrected chi connectivity index (χ1v) is 5.33. The minimum absolute atomic E-state index is 0.160. The van der Waals surface area contributed by atoms with Gasteiger partial charge in [0, 0.05) is 5.56 Å². The van der Waals surface area contributed by atoms with E-state index in [4.69, 9.17) is 9.47 Å². The van der Waals surface area contributed by atoms with Crippen LogP contribution in [0.4, 0.5) is 4.39 Å². The van der Waals surface area contributed by atoms with Gasteiger partial charge in [0.05, 0.1) is 20.1 Å². The van der Waals surface area contributed by atoms with E-state index in [1.54, 1.807) is 31.2 Å². The highest BCUT2D eigenvalue weighted by Gasteiger charge is 2.05. The van der Waals surface area contributed by atoms with Gasteiger partial charge in [-0.25, -0.2) is 4.39 Å². The van der Waals surface area contributed by atoms with Crippen LogP contribution in [0, 0.1) is 5.82 Å². The molecule has 0 unspecified atom stereocenters. The van der Waals surface area contributed by atoms with Crippen LogP contribution < -0.4 is 4.74 Å². The van der Waals surface area contributed by atoms with E-state index in [-0.39, 0.29) is 18.1 Å². The third-order valence-corrected chi connectivity index (χ3v) is 2.09. The monoisotopic (exact) mass is 238 g/mol. The molecule has 0 amide bonds. The maximum absolute atomic E-state index is 13.3. The van der Waals surface area contributed by atoms with Gasteiger partial charge in [-0.2, -0.15) is 0 Å². The molecule has 0 saturated carbocycles. The molecule has 0 fully saturated rings. The zero-order chi connectivity index (χ0) is 12.7. The van der Waals surface area contributed by atoms with E-state index in [0.717, 1.165) is 0 Å². The van der Waals surface area contributed by atoms with Gasteiger partial charge in [-0.1, -0.05) is 24.3 Å². The van der Waals surface area contributed by atoms with Crippen LogP contribution in [-0.2, 0) is 9.53 Å². The van der Waals surface area contributed by atoms with E-state index in [9.17, 15) is 9.18 Å². The minimum atomic E-state index is -0.425. The van der Waals surface area contributed by atoms with Gasteiger partial charge in [0.15, 0.2) is 11.6 Å². The molecule has 0 aliphatic carbocycles. The molecular formula is C13H15FO3. The smallest absolute Gasteiger partial charge is 0.309 e. The average molecular weight is 238 g/mol. The Hall–Kier alpha value is -1.84. The molecule has 1 aromatic rings. The van der Waals surface area contributed by atoms with Crippen LogP contribution in [0.15, 0.2) is 24.3 Å². The van der Waals surface area contributed by atoms with Gasteiger partial charge in [0.1, 0.15) is 0 Å². The first kappa shape index (κ1) is 13.2. The molecule has 1 rings (SSSR count). The van der Waals surface area contributed by atoms with Crippen LogP contribution in [0.3, 0.4) is 0 Å². The Morgan fingerprint density at radius 2 is 2.24 bits per heavy atom. The number of esters is 1. The summed E-state index contributed by atoms with van der Waals surface area (Å²) in [5, 5.41) is 0. The SMILES string of the molecule is CCOC(=O)CC=Cc1cccc(F)c1OC. The van der Waals surface area contributed by atoms with E-state index in [1.165, 1.54) is 13.2 Å². The molecule has 0 aromatic heterocycles. The molecule has 0 atom stereocenters. The summed E-state index contributed by atoms with van der Waals surface area (Å²) in [6.45, 7) is 2.10. The number of carbonyl (C=O) groups is 1. The summed E-state index contributed by atoms with van der Waals surface area (Å²) in [4.78, 5) is 11.1. The first-order valence-electron chi connectivity index (χ1n) is 5.33. The number of hydrogen-bond donors (Lipinski definition) is 0. The van der Waals surface area contributed by atoms with Crippen LogP contribution in [-0.4, -0.2) is 19.7 Å². The zero-order valence-electron chi connectivity index (χ0n) is 9.90. The average Bonchev–Trinajstić information content (AvgIpc) is 2.29. The van der Waals surface area contributed by atoms with Crippen molar-refractivity contribution < 1.29 is 18.7 Å². The Kier molecular flexibility index (Phi) is 5.20. The standard InChI is InChI=1S/C13H15FO3/c1-3-17-12(15)9-5-7-10-6-4-8-11(14)13(10)16-2/h4-8H,3,9H2,1-2H3. The van der Waals surface area contributed by atoms with Crippen molar-refractivity contribution in [2.45, 2.75) is 13.3 Å². The van der Waals surface area contributed by atoms with Crippen molar-refractivity contribution in [2.75, 3.05) is 13.7 Å². The van der Waals surface area contributed by atoms with Crippen LogP contribution in [0.25, 0.3) is 6.08 Å². The van der Waals surface area contributed by atoms with Gasteiger partial charge >= 0.3 is 5.97 Å². The molecule has 0 saturated heterocycles. The Labute approximate surface area is 99.9 Å². The lowest BCUT2D eigenvalue weighted by Gasteiger charge is -2.05. The predicted molar refractivity (Wildman–Crippen MR) is 63.2 cm³/mol. The maximum atomic E-state index is 13.3. The van der Waals surface area contributed by atoms with Crippen LogP contribution >= 0.6 is 0 Å². The number of halogens is 1. The van der Waals surface area contributed by atoms with Gasteiger partial charge < -0.3 is 9.47 Å². The van der Waals surface area contributed by atoms with E-state index in [2.05, 4.69) is 0 Å². The lowest BCUT2D eigenvalue weighted by molar-refractivity contribution is -0.142. The third kappa shape index (κ3) is 3.90. The molecule has 92 valence electrons. The highest BCUT2D eigenvalue weighted by Crippen LogP contribution is 2.23. The van der Waals surface area contributed by atoms with Crippen molar-refractivity contribution in [1.29, 1.82) is 0 Å². The number of ether oxygens (including phenoxy) is 2. The summed E-state index contributed by atoms with van der Waals surface area (Å²) in [5.74, 6) is -0.558. The largest absolute Gasteiger partial charge is 0.493 e. The number of rotatable bonds is 5. The summed E-state index contributed by atoms with van der Waals surface area (Å²) in [5.41, 5.74) is 0.594. The van der Waals surface area contributed by atoms with Crippen molar-refractivity contribution in [3.63, 3.8) is 0 Å². The Balaban J connectivity index is 2.71. The van der Waals surface area contributed by atoms with Crippen LogP contribution in [0.5, 0.6) is 5.75 Å². The molecular weight excluding hydrogens is 223 g/mol. The second kappa shape index (κ2) is 6.68. The van der Waals surface area contributed by atoms with E-state index < -0.39 is 5.82 Å². The summed E-state index contributed by atoms with van der Waals surface area (Å²) in [6.07, 6.45) is 3.42. The summed E-state index contributed by atoms with van der Waals surface area (Å²) in [6, 6.07) is 4.62. The molecule has 17 heavy (non-hydrogen) atoms. The fraction of sp³-hybridized carbons (Fsp3) is 0.308. The molecule has 1 aromatic carbocycles. The maximum Gasteiger partial charge on any atom is 0.309 e. The molecule has 0 aliphatic rings. The molecule has 3 nitrogen and oxygen atoms in total. The highest BCUT2D eigenvalue weighted by atomic mass is 19.1. The van der Waals surface area contributed by atoms with E-state index >= 15 is 0 Å². The lowest BCUT2D eigenvalue weighted by Crippen LogP contribution is -2.01. The normalized spacial score (nSPS) is 10.5. The molecule has 0 heterocycles. The number of methoxy groups -OCH3 is 1. The predicted octanol–water partition coefficient (Wildman–Crippen LogP) is 2.80. The van der Waals surface area contributed by atoms with Crippen molar-refractivity contribution in [1.82, 2.24) is 0 Å².